The molecule has 7 nitrogen and oxygen atoms in total. The fraction of sp³-hybridized carbons (Fsp3) is 1.00. The van der Waals surface area contributed by atoms with E-state index in [0.29, 0.717) is 0 Å². The van der Waals surface area contributed by atoms with Crippen LogP contribution < -0.4 is 0 Å². The molecule has 0 heterocycles. The molecule has 0 saturated heterocycles. The van der Waals surface area contributed by atoms with Crippen LogP contribution in [0.3, 0.4) is 0 Å². The first-order valence-electron chi connectivity index (χ1n) is 1.94. The molecule has 0 aromatic heterocycles. The number of hydrogen-bond donors (Lipinski definition) is 5. The molecule has 0 aliphatic rings. The summed E-state index contributed by atoms with van der Waals surface area (Å²) in [5.74, 6) is 0. The van der Waals surface area contributed by atoms with Crippen LogP contribution in [-0.4, -0.2) is 30.3 Å². The van der Waals surface area contributed by atoms with Crippen LogP contribution in [0.2, 0.25) is 0 Å². The predicted octanol–water partition coefficient (Wildman–Crippen LogP) is -1.38. The topological polar surface area (TPSA) is 135 Å². The van der Waals surface area contributed by atoms with Crippen molar-refractivity contribution in [3.8, 4) is 0 Å². The van der Waals surface area contributed by atoms with Gasteiger partial charge >= 0.3 is 15.2 Å². The number of hydrogen-bond acceptors (Lipinski definition) is 3. The summed E-state index contributed by atoms with van der Waals surface area (Å²) < 4.78 is 19.9. The number of aliphatic hydroxyl groups excluding tert-OH is 1. The summed E-state index contributed by atoms with van der Waals surface area (Å²) >= 11 is 0. The first-order valence-corrected chi connectivity index (χ1v) is 5.30. The Kier molecular flexibility index (Phi) is 5.55. The summed E-state index contributed by atoms with van der Waals surface area (Å²) in [5.41, 5.74) is -2.90. The van der Waals surface area contributed by atoms with E-state index >= 15 is 0 Å². The second kappa shape index (κ2) is 4.23. The third-order valence-corrected chi connectivity index (χ3v) is 3.61. The van der Waals surface area contributed by atoms with Gasteiger partial charge in [0.15, 0.2) is 0 Å². The van der Waals surface area contributed by atoms with Gasteiger partial charge in [-0.1, -0.05) is 0 Å². The second-order valence-corrected chi connectivity index (χ2v) is 5.27. The molecule has 10 heteroatoms. The summed E-state index contributed by atoms with van der Waals surface area (Å²) in [6, 6.07) is 0. The van der Waals surface area contributed by atoms with Crippen molar-refractivity contribution in [1.82, 2.24) is 0 Å². The Bertz CT molecular complexity index is 178. The van der Waals surface area contributed by atoms with Crippen LogP contribution in [0.5, 0.6) is 0 Å². The van der Waals surface area contributed by atoms with Crippen molar-refractivity contribution < 1.29 is 53.9 Å². The van der Waals surface area contributed by atoms with E-state index in [4.69, 9.17) is 24.7 Å². The van der Waals surface area contributed by atoms with Crippen LogP contribution in [0, 0.1) is 0 Å². The summed E-state index contributed by atoms with van der Waals surface area (Å²) in [6.07, 6.45) is 0. The number of aliphatic hydroxyl groups is 1. The van der Waals surface area contributed by atoms with Gasteiger partial charge in [-0.15, -0.1) is 0 Å². The zero-order chi connectivity index (χ0) is 8.58. The van der Waals surface area contributed by atoms with Gasteiger partial charge in [-0.25, -0.2) is 0 Å². The Morgan fingerprint density at radius 3 is 1.09 bits per heavy atom. The molecule has 11 heavy (non-hydrogen) atoms. The fourth-order valence-electron chi connectivity index (χ4n) is 0.196. The molecule has 1 radical (unpaired) electrons. The molecule has 0 rings (SSSR count). The molecule has 0 aromatic rings. The van der Waals surface area contributed by atoms with Crippen molar-refractivity contribution in [1.29, 1.82) is 0 Å². The Labute approximate surface area is 75.1 Å². The van der Waals surface area contributed by atoms with Gasteiger partial charge in [0.05, 0.1) is 0 Å². The minimum atomic E-state index is -5.09. The van der Waals surface area contributed by atoms with Crippen molar-refractivity contribution in [2.45, 2.75) is 5.59 Å². The first kappa shape index (κ1) is 14.4. The van der Waals surface area contributed by atoms with Crippen molar-refractivity contribution in [3.05, 3.63) is 0 Å². The molecule has 0 unspecified atom stereocenters. The quantitative estimate of drug-likeness (QED) is 0.395. The maximum absolute atomic E-state index is 9.93. The monoisotopic (exact) mass is 289 g/mol. The third kappa shape index (κ3) is 5.20. The minimum absolute atomic E-state index is 0. The predicted molar refractivity (Wildman–Crippen MR) is 30.1 cm³/mol. The fourth-order valence-corrected chi connectivity index (χ4v) is 1.76. The van der Waals surface area contributed by atoms with Gasteiger partial charge in [0.25, 0.3) is 5.59 Å². The summed E-state index contributed by atoms with van der Waals surface area (Å²) in [6.45, 7) is 0. The van der Waals surface area contributed by atoms with Crippen molar-refractivity contribution >= 4 is 15.2 Å². The average Bonchev–Trinajstić information content (AvgIpc) is 1.59. The molecule has 0 amide bonds. The molecule has 0 bridgehead atoms. The second-order valence-electron chi connectivity index (χ2n) is 1.52. The molecular weight excluding hydrogens is 284 g/mol. The van der Waals surface area contributed by atoms with Crippen LogP contribution >= 0.6 is 15.2 Å². The van der Waals surface area contributed by atoms with Crippen molar-refractivity contribution in [2.75, 3.05) is 0 Å². The Balaban J connectivity index is 0. The Morgan fingerprint density at radius 2 is 1.09 bits per heavy atom. The maximum Gasteiger partial charge on any atom is 0.366 e. The molecule has 0 spiro atoms. The Hall–Kier alpha value is 0.909. The van der Waals surface area contributed by atoms with Crippen LogP contribution in [0.25, 0.3) is 0 Å². The zero-order valence-corrected chi connectivity index (χ0v) is 8.55. The molecule has 5 N–H and O–H groups in total. The molecule has 0 fully saturated rings. The summed E-state index contributed by atoms with van der Waals surface area (Å²) in [5, 5.41) is 8.20. The average molecular weight is 290 g/mol. The maximum atomic E-state index is 9.93. The summed E-state index contributed by atoms with van der Waals surface area (Å²) in [7, 11) is -10.2. The third-order valence-electron chi connectivity index (χ3n) is 0.602. The van der Waals surface area contributed by atoms with Gasteiger partial charge in [-0.05, 0) is 0 Å². The van der Waals surface area contributed by atoms with Gasteiger partial charge in [0.2, 0.25) is 0 Å². The van der Waals surface area contributed by atoms with E-state index in [1.165, 1.54) is 0 Å². The van der Waals surface area contributed by atoms with E-state index in [9.17, 15) is 9.13 Å². The normalized spacial score (nSPS) is 12.9. The van der Waals surface area contributed by atoms with Gasteiger partial charge in [0.1, 0.15) is 0 Å². The molecule has 0 atom stereocenters. The molecule has 0 aliphatic carbocycles. The minimum Gasteiger partial charge on any atom is -0.370 e. The van der Waals surface area contributed by atoms with E-state index in [2.05, 4.69) is 0 Å². The van der Waals surface area contributed by atoms with E-state index in [1.807, 2.05) is 0 Å². The van der Waals surface area contributed by atoms with Crippen molar-refractivity contribution in [2.24, 2.45) is 0 Å². The largest absolute Gasteiger partial charge is 0.370 e. The van der Waals surface area contributed by atoms with Crippen LogP contribution in [0.15, 0.2) is 0 Å². The SMILES string of the molecule is O=P(O)(O)C(O)P(=O)(O)O.[Tc]. The van der Waals surface area contributed by atoms with Gasteiger partial charge in [-0.2, -0.15) is 0 Å². The van der Waals surface area contributed by atoms with Gasteiger partial charge < -0.3 is 24.7 Å². The molecule has 69 valence electrons. The van der Waals surface area contributed by atoms with E-state index in [0.717, 1.165) is 0 Å². The van der Waals surface area contributed by atoms with E-state index in [-0.39, 0.29) is 20.1 Å². The first-order chi connectivity index (χ1) is 4.15. The smallest absolute Gasteiger partial charge is 0.366 e. The van der Waals surface area contributed by atoms with Crippen molar-refractivity contribution in [3.63, 3.8) is 0 Å². The van der Waals surface area contributed by atoms with Crippen LogP contribution in [0.4, 0.5) is 0 Å². The Morgan fingerprint density at radius 1 is 0.909 bits per heavy atom. The van der Waals surface area contributed by atoms with Gasteiger partial charge in [0, 0.05) is 20.1 Å². The standard InChI is InChI=1S/CH6O7P2.Tc/c2-1(9(3,4)5)10(6,7)8;/h1-2H,(H2,3,4,5)(H2,6,7,8);. The summed E-state index contributed by atoms with van der Waals surface area (Å²) in [4.78, 5) is 32.0. The molecular formula is CH6O7P2Tc. The van der Waals surface area contributed by atoms with Gasteiger partial charge in [-0.3, -0.25) is 9.13 Å². The van der Waals surface area contributed by atoms with Crippen LogP contribution in [-0.2, 0) is 29.2 Å². The van der Waals surface area contributed by atoms with Crippen LogP contribution in [0.1, 0.15) is 0 Å². The van der Waals surface area contributed by atoms with E-state index < -0.39 is 20.8 Å². The molecule has 0 aromatic carbocycles. The van der Waals surface area contributed by atoms with E-state index in [1.54, 1.807) is 0 Å². The zero-order valence-electron chi connectivity index (χ0n) is 4.90. The molecule has 0 aliphatic heterocycles. The molecule has 0 saturated carbocycles. The number of rotatable bonds is 2.